The average Bonchev–Trinajstić information content (AvgIpc) is 3.33. The van der Waals surface area contributed by atoms with E-state index in [1.165, 1.54) is 42.1 Å². The van der Waals surface area contributed by atoms with Crippen LogP contribution in [0.5, 0.6) is 0 Å². The summed E-state index contributed by atoms with van der Waals surface area (Å²) in [4.78, 5) is 45.6. The van der Waals surface area contributed by atoms with Crippen LogP contribution in [0.15, 0.2) is 91.3 Å². The van der Waals surface area contributed by atoms with Crippen molar-refractivity contribution in [2.45, 2.75) is 38.6 Å². The molecule has 0 spiro atoms. The SMILES string of the molecule is O=C(O)CCN(Cc1cccc(-c2ccc(N3CCCCCC3)c(NC(=O)c3cccc(F)c3)c2)c1)C(=O)c1cccnc1. The monoisotopic (exact) mass is 594 g/mol. The fourth-order valence-electron chi connectivity index (χ4n) is 5.45. The zero-order valence-electron chi connectivity index (χ0n) is 24.4. The Bertz CT molecular complexity index is 1620. The number of pyridine rings is 1. The zero-order valence-corrected chi connectivity index (χ0v) is 24.4. The van der Waals surface area contributed by atoms with E-state index in [9.17, 15) is 23.9 Å². The van der Waals surface area contributed by atoms with Gasteiger partial charge in [-0.3, -0.25) is 19.4 Å². The van der Waals surface area contributed by atoms with Gasteiger partial charge >= 0.3 is 5.97 Å². The van der Waals surface area contributed by atoms with Crippen LogP contribution in [0.25, 0.3) is 11.1 Å². The Balaban J connectivity index is 1.44. The molecule has 2 N–H and O–H groups in total. The van der Waals surface area contributed by atoms with E-state index in [0.29, 0.717) is 11.3 Å². The topological polar surface area (TPSA) is 103 Å². The van der Waals surface area contributed by atoms with Gasteiger partial charge < -0.3 is 20.2 Å². The summed E-state index contributed by atoms with van der Waals surface area (Å²) in [7, 11) is 0. The van der Waals surface area contributed by atoms with Crippen molar-refractivity contribution in [3.05, 3.63) is 114 Å². The fraction of sp³-hybridized carbons (Fsp3) is 0.257. The van der Waals surface area contributed by atoms with Gasteiger partial charge in [0.2, 0.25) is 0 Å². The molecule has 1 aliphatic rings. The van der Waals surface area contributed by atoms with Crippen molar-refractivity contribution in [3.8, 4) is 11.1 Å². The van der Waals surface area contributed by atoms with Gasteiger partial charge in [0.15, 0.2) is 0 Å². The summed E-state index contributed by atoms with van der Waals surface area (Å²) in [5, 5.41) is 12.3. The van der Waals surface area contributed by atoms with E-state index in [2.05, 4.69) is 15.2 Å². The molecule has 1 aliphatic heterocycles. The normalized spacial score (nSPS) is 13.2. The average molecular weight is 595 g/mol. The summed E-state index contributed by atoms with van der Waals surface area (Å²) >= 11 is 0. The lowest BCUT2D eigenvalue weighted by atomic mass is 10.0. The van der Waals surface area contributed by atoms with Gasteiger partial charge in [-0.25, -0.2) is 4.39 Å². The minimum atomic E-state index is -0.986. The van der Waals surface area contributed by atoms with E-state index in [1.807, 2.05) is 42.5 Å². The maximum absolute atomic E-state index is 13.9. The summed E-state index contributed by atoms with van der Waals surface area (Å²) in [5.41, 5.74) is 4.73. The van der Waals surface area contributed by atoms with Crippen LogP contribution in [-0.2, 0) is 11.3 Å². The molecule has 0 unspecified atom stereocenters. The third-order valence-electron chi connectivity index (χ3n) is 7.70. The van der Waals surface area contributed by atoms with Gasteiger partial charge in [-0.1, -0.05) is 43.2 Å². The summed E-state index contributed by atoms with van der Waals surface area (Å²) in [6.07, 6.45) is 7.33. The second kappa shape index (κ2) is 14.4. The van der Waals surface area contributed by atoms with E-state index < -0.39 is 17.7 Å². The second-order valence-corrected chi connectivity index (χ2v) is 10.9. The number of nitrogens with one attached hydrogen (secondary N) is 1. The van der Waals surface area contributed by atoms with Crippen LogP contribution < -0.4 is 10.2 Å². The molecule has 0 radical (unpaired) electrons. The van der Waals surface area contributed by atoms with Crippen molar-refractivity contribution < 1.29 is 23.9 Å². The Morgan fingerprint density at radius 1 is 0.864 bits per heavy atom. The molecule has 0 bridgehead atoms. The van der Waals surface area contributed by atoms with E-state index in [1.54, 1.807) is 24.4 Å². The molecule has 1 aromatic heterocycles. The molecule has 5 rings (SSSR count). The molecule has 44 heavy (non-hydrogen) atoms. The van der Waals surface area contributed by atoms with E-state index >= 15 is 0 Å². The molecule has 8 nitrogen and oxygen atoms in total. The highest BCUT2D eigenvalue weighted by Gasteiger charge is 2.20. The lowest BCUT2D eigenvalue weighted by molar-refractivity contribution is -0.137. The molecule has 0 saturated carbocycles. The number of halogens is 1. The quantitative estimate of drug-likeness (QED) is 0.214. The molecule has 3 aromatic carbocycles. The van der Waals surface area contributed by atoms with Crippen LogP contribution in [0.3, 0.4) is 0 Å². The number of nitrogens with zero attached hydrogens (tertiary/aromatic N) is 3. The Morgan fingerprint density at radius 3 is 2.34 bits per heavy atom. The molecular weight excluding hydrogens is 559 g/mol. The summed E-state index contributed by atoms with van der Waals surface area (Å²) in [6.45, 7) is 2.03. The van der Waals surface area contributed by atoms with Crippen molar-refractivity contribution in [3.63, 3.8) is 0 Å². The molecule has 1 saturated heterocycles. The van der Waals surface area contributed by atoms with Gasteiger partial charge in [0.05, 0.1) is 23.4 Å². The second-order valence-electron chi connectivity index (χ2n) is 10.9. The highest BCUT2D eigenvalue weighted by atomic mass is 19.1. The van der Waals surface area contributed by atoms with Crippen molar-refractivity contribution in [2.24, 2.45) is 0 Å². The first-order valence-electron chi connectivity index (χ1n) is 14.8. The molecule has 9 heteroatoms. The molecule has 226 valence electrons. The molecule has 2 heterocycles. The van der Waals surface area contributed by atoms with Crippen LogP contribution in [0, 0.1) is 5.82 Å². The number of aliphatic carboxylic acids is 1. The van der Waals surface area contributed by atoms with E-state index in [0.717, 1.165) is 48.3 Å². The number of rotatable bonds is 10. The smallest absolute Gasteiger partial charge is 0.305 e. The van der Waals surface area contributed by atoms with E-state index in [-0.39, 0.29) is 31.0 Å². The Morgan fingerprint density at radius 2 is 1.61 bits per heavy atom. The highest BCUT2D eigenvalue weighted by Crippen LogP contribution is 2.34. The number of aromatic nitrogens is 1. The Labute approximate surface area is 256 Å². The Kier molecular flexibility index (Phi) is 9.96. The molecule has 0 aliphatic carbocycles. The number of carbonyl (C=O) groups excluding carboxylic acids is 2. The van der Waals surface area contributed by atoms with Gasteiger partial charge in [-0.2, -0.15) is 0 Å². The maximum Gasteiger partial charge on any atom is 0.305 e. The first-order valence-corrected chi connectivity index (χ1v) is 14.8. The van der Waals surface area contributed by atoms with Crippen LogP contribution >= 0.6 is 0 Å². The minimum Gasteiger partial charge on any atom is -0.481 e. The molecule has 4 aromatic rings. The summed E-state index contributed by atoms with van der Waals surface area (Å²) < 4.78 is 13.9. The predicted octanol–water partition coefficient (Wildman–Crippen LogP) is 6.64. The zero-order chi connectivity index (χ0) is 30.9. The largest absolute Gasteiger partial charge is 0.481 e. The number of carbonyl (C=O) groups is 3. The summed E-state index contributed by atoms with van der Waals surface area (Å²) in [6, 6.07) is 22.6. The number of hydrogen-bond acceptors (Lipinski definition) is 5. The standard InChI is InChI=1S/C35H35FN4O4/c36-30-12-6-10-28(21-30)34(43)38-31-22-27(13-14-32(31)39-17-3-1-2-4-18-39)26-9-5-8-25(20-26)24-40(19-15-33(41)42)35(44)29-11-7-16-37-23-29/h5-14,16,20-23H,1-4,15,17-19,24H2,(H,38,43)(H,41,42). The van der Waals surface area contributed by atoms with E-state index in [4.69, 9.17) is 0 Å². The predicted molar refractivity (Wildman–Crippen MR) is 168 cm³/mol. The van der Waals surface area contributed by atoms with Crippen molar-refractivity contribution >= 4 is 29.2 Å². The lowest BCUT2D eigenvalue weighted by Crippen LogP contribution is -2.32. The number of hydrogen-bond donors (Lipinski definition) is 2. The third kappa shape index (κ3) is 7.86. The summed E-state index contributed by atoms with van der Waals surface area (Å²) in [5.74, 6) is -2.15. The van der Waals surface area contributed by atoms with Crippen molar-refractivity contribution in [1.82, 2.24) is 9.88 Å². The van der Waals surface area contributed by atoms with Gasteiger partial charge in [0, 0.05) is 44.1 Å². The Hall–Kier alpha value is -5.05. The van der Waals surface area contributed by atoms with Crippen LogP contribution in [0.1, 0.15) is 58.4 Å². The molecular formula is C35H35FN4O4. The third-order valence-corrected chi connectivity index (χ3v) is 7.70. The molecule has 1 fully saturated rings. The number of amides is 2. The van der Waals surface area contributed by atoms with Crippen LogP contribution in [0.4, 0.5) is 15.8 Å². The number of carboxylic acid groups (broad SMARTS) is 1. The van der Waals surface area contributed by atoms with Gasteiger partial charge in [-0.15, -0.1) is 0 Å². The van der Waals surface area contributed by atoms with Crippen LogP contribution in [-0.4, -0.2) is 52.4 Å². The molecule has 0 atom stereocenters. The number of benzene rings is 3. The first-order chi connectivity index (χ1) is 21.4. The maximum atomic E-state index is 13.9. The fourth-order valence-corrected chi connectivity index (χ4v) is 5.45. The van der Waals surface area contributed by atoms with Gasteiger partial charge in [0.25, 0.3) is 11.8 Å². The van der Waals surface area contributed by atoms with Gasteiger partial charge in [-0.05, 0) is 78.1 Å². The minimum absolute atomic E-state index is 0.0497. The van der Waals surface area contributed by atoms with Crippen molar-refractivity contribution in [1.29, 1.82) is 0 Å². The number of anilines is 2. The van der Waals surface area contributed by atoms with Crippen LogP contribution in [0.2, 0.25) is 0 Å². The lowest BCUT2D eigenvalue weighted by Gasteiger charge is -2.26. The number of carboxylic acids is 1. The van der Waals surface area contributed by atoms with Gasteiger partial charge in [0.1, 0.15) is 5.82 Å². The highest BCUT2D eigenvalue weighted by molar-refractivity contribution is 6.06. The molecule has 2 amide bonds. The van der Waals surface area contributed by atoms with Crippen molar-refractivity contribution in [2.75, 3.05) is 29.9 Å². The first kappa shape index (κ1) is 30.4.